The van der Waals surface area contributed by atoms with E-state index >= 15 is 0 Å². The van der Waals surface area contributed by atoms with Crippen molar-refractivity contribution < 1.29 is 24.2 Å². The van der Waals surface area contributed by atoms with E-state index in [-0.39, 0.29) is 25.1 Å². The Labute approximate surface area is 117 Å². The van der Waals surface area contributed by atoms with Gasteiger partial charge in [0.05, 0.1) is 12.6 Å². The van der Waals surface area contributed by atoms with Crippen LogP contribution >= 0.6 is 0 Å². The maximum Gasteiger partial charge on any atom is 0.332 e. The second-order valence-electron chi connectivity index (χ2n) is 4.63. The fourth-order valence-electron chi connectivity index (χ4n) is 1.77. The Balaban J connectivity index is 2.18. The van der Waals surface area contributed by atoms with E-state index in [4.69, 9.17) is 9.84 Å². The van der Waals surface area contributed by atoms with Gasteiger partial charge in [0.25, 0.3) is 0 Å². The maximum absolute atomic E-state index is 11.5. The smallest absolute Gasteiger partial charge is 0.332 e. The number of rotatable bonds is 6. The molecule has 0 bridgehead atoms. The Morgan fingerprint density at radius 2 is 2.00 bits per heavy atom. The van der Waals surface area contributed by atoms with Crippen LogP contribution in [-0.2, 0) is 14.3 Å². The van der Waals surface area contributed by atoms with Crippen molar-refractivity contribution in [1.29, 1.82) is 0 Å². The van der Waals surface area contributed by atoms with E-state index in [1.54, 1.807) is 7.05 Å². The van der Waals surface area contributed by atoms with Crippen LogP contribution in [0.4, 0.5) is 4.79 Å². The van der Waals surface area contributed by atoms with E-state index in [2.05, 4.69) is 10.6 Å². The molecule has 0 aromatic heterocycles. The number of nitrogens with zero attached hydrogens (tertiary/aromatic N) is 1. The molecule has 1 aliphatic heterocycles. The zero-order valence-corrected chi connectivity index (χ0v) is 11.7. The lowest BCUT2D eigenvalue weighted by Gasteiger charge is -2.16. The van der Waals surface area contributed by atoms with Crippen molar-refractivity contribution in [2.45, 2.75) is 32.0 Å². The van der Waals surface area contributed by atoms with Crippen LogP contribution in [0, 0.1) is 0 Å². The molecule has 1 rings (SSSR count). The number of carboxylic acids is 1. The quantitative estimate of drug-likeness (QED) is 0.604. The van der Waals surface area contributed by atoms with Gasteiger partial charge in [0.1, 0.15) is 0 Å². The molecule has 2 atom stereocenters. The number of hydrogen-bond acceptors (Lipinski definition) is 4. The number of nitrogens with one attached hydrogen (secondary N) is 2. The molecule has 0 aromatic rings. The minimum absolute atomic E-state index is 0.0700. The number of carbonyl (C=O) groups is 3. The lowest BCUT2D eigenvalue weighted by Crippen LogP contribution is -2.44. The summed E-state index contributed by atoms with van der Waals surface area (Å²) in [6.45, 7) is 2.58. The van der Waals surface area contributed by atoms with Crippen molar-refractivity contribution in [2.75, 3.05) is 26.7 Å². The highest BCUT2D eigenvalue weighted by molar-refractivity contribution is 5.83. The number of aliphatic carboxylic acids is 1. The summed E-state index contributed by atoms with van der Waals surface area (Å²) in [5, 5.41) is 13.8. The number of ether oxygens (including phenoxy) is 1. The molecule has 2 unspecified atom stereocenters. The molecule has 0 radical (unpaired) electrons. The van der Waals surface area contributed by atoms with Gasteiger partial charge in [-0.1, -0.05) is 0 Å². The van der Waals surface area contributed by atoms with Gasteiger partial charge in [0.2, 0.25) is 5.91 Å². The molecule has 20 heavy (non-hydrogen) atoms. The Morgan fingerprint density at radius 1 is 1.30 bits per heavy atom. The van der Waals surface area contributed by atoms with Crippen molar-refractivity contribution in [3.63, 3.8) is 0 Å². The Morgan fingerprint density at radius 3 is 2.55 bits per heavy atom. The summed E-state index contributed by atoms with van der Waals surface area (Å²) in [6.07, 6.45) is -0.0433. The first-order valence-corrected chi connectivity index (χ1v) is 6.58. The predicted octanol–water partition coefficient (Wildman–Crippen LogP) is -0.604. The van der Waals surface area contributed by atoms with E-state index in [9.17, 15) is 14.4 Å². The average Bonchev–Trinajstić information content (AvgIpc) is 2.90. The number of carboxylic acid groups (broad SMARTS) is 1. The van der Waals surface area contributed by atoms with Crippen molar-refractivity contribution in [3.8, 4) is 0 Å². The zero-order valence-electron chi connectivity index (χ0n) is 11.7. The van der Waals surface area contributed by atoms with Crippen LogP contribution in [0.3, 0.4) is 0 Å². The molecule has 0 spiro atoms. The Bertz CT molecular complexity index is 374. The van der Waals surface area contributed by atoms with Crippen molar-refractivity contribution in [3.05, 3.63) is 0 Å². The molecule has 0 aromatic carbocycles. The fraction of sp³-hybridized carbons (Fsp3) is 0.750. The molecule has 0 aliphatic carbocycles. The topological polar surface area (TPSA) is 108 Å². The molecular weight excluding hydrogens is 266 g/mol. The highest BCUT2D eigenvalue weighted by Gasteiger charge is 2.30. The molecule has 8 nitrogen and oxygen atoms in total. The lowest BCUT2D eigenvalue weighted by molar-refractivity contribution is -0.149. The molecular formula is C12H21N3O5. The minimum atomic E-state index is -0.981. The third-order valence-corrected chi connectivity index (χ3v) is 3.17. The van der Waals surface area contributed by atoms with Crippen LogP contribution in [-0.4, -0.2) is 66.8 Å². The molecule has 3 amide bonds. The SMILES string of the molecule is CCN(C)C(=O)CNC(=O)NCC1CCC(C(=O)O)O1. The summed E-state index contributed by atoms with van der Waals surface area (Å²) in [4.78, 5) is 35.1. The van der Waals surface area contributed by atoms with Gasteiger partial charge in [-0.25, -0.2) is 9.59 Å². The molecule has 8 heteroatoms. The van der Waals surface area contributed by atoms with E-state index in [0.717, 1.165) is 0 Å². The first-order valence-electron chi connectivity index (χ1n) is 6.58. The summed E-state index contributed by atoms with van der Waals surface area (Å²) >= 11 is 0. The van der Waals surface area contributed by atoms with Gasteiger partial charge >= 0.3 is 12.0 Å². The largest absolute Gasteiger partial charge is 0.479 e. The van der Waals surface area contributed by atoms with Crippen molar-refractivity contribution >= 4 is 17.9 Å². The maximum atomic E-state index is 11.5. The Hall–Kier alpha value is -1.83. The monoisotopic (exact) mass is 287 g/mol. The average molecular weight is 287 g/mol. The van der Waals surface area contributed by atoms with Gasteiger partial charge < -0.3 is 25.4 Å². The molecule has 3 N–H and O–H groups in total. The van der Waals surface area contributed by atoms with Crippen molar-refractivity contribution in [2.24, 2.45) is 0 Å². The van der Waals surface area contributed by atoms with Crippen LogP contribution in [0.5, 0.6) is 0 Å². The summed E-state index contributed by atoms with van der Waals surface area (Å²) in [7, 11) is 1.65. The summed E-state index contributed by atoms with van der Waals surface area (Å²) < 4.78 is 5.24. The van der Waals surface area contributed by atoms with Crippen LogP contribution < -0.4 is 10.6 Å². The highest BCUT2D eigenvalue weighted by atomic mass is 16.5. The van der Waals surface area contributed by atoms with Gasteiger partial charge in [-0.15, -0.1) is 0 Å². The van der Waals surface area contributed by atoms with E-state index in [1.165, 1.54) is 4.90 Å². The first kappa shape index (κ1) is 16.2. The van der Waals surface area contributed by atoms with Crippen LogP contribution in [0.2, 0.25) is 0 Å². The molecule has 1 fully saturated rings. The van der Waals surface area contributed by atoms with Gasteiger partial charge in [-0.3, -0.25) is 4.79 Å². The number of urea groups is 1. The number of hydrogen-bond donors (Lipinski definition) is 3. The predicted molar refractivity (Wildman–Crippen MR) is 70.2 cm³/mol. The first-order chi connectivity index (χ1) is 9.43. The standard InChI is InChI=1S/C12H21N3O5/c1-3-15(2)10(16)7-14-12(19)13-6-8-4-5-9(20-8)11(17)18/h8-9H,3-7H2,1-2H3,(H,17,18)(H2,13,14,19). The van der Waals surface area contributed by atoms with E-state index in [0.29, 0.717) is 19.4 Å². The summed E-state index contributed by atoms with van der Waals surface area (Å²) in [5.74, 6) is -1.16. The van der Waals surface area contributed by atoms with Crippen LogP contribution in [0.15, 0.2) is 0 Å². The number of carbonyl (C=O) groups excluding carboxylic acids is 2. The lowest BCUT2D eigenvalue weighted by atomic mass is 10.2. The number of amides is 3. The molecule has 0 saturated carbocycles. The van der Waals surface area contributed by atoms with Gasteiger partial charge in [0.15, 0.2) is 6.10 Å². The normalized spacial score (nSPS) is 21.3. The van der Waals surface area contributed by atoms with E-state index < -0.39 is 18.1 Å². The second-order valence-corrected chi connectivity index (χ2v) is 4.63. The highest BCUT2D eigenvalue weighted by Crippen LogP contribution is 2.18. The fourth-order valence-corrected chi connectivity index (χ4v) is 1.77. The summed E-state index contributed by atoms with van der Waals surface area (Å²) in [5.41, 5.74) is 0. The third-order valence-electron chi connectivity index (χ3n) is 3.17. The minimum Gasteiger partial charge on any atom is -0.479 e. The van der Waals surface area contributed by atoms with Crippen molar-refractivity contribution in [1.82, 2.24) is 15.5 Å². The van der Waals surface area contributed by atoms with E-state index in [1.807, 2.05) is 6.92 Å². The third kappa shape index (κ3) is 5.04. The Kier molecular flexibility index (Phi) is 6.23. The van der Waals surface area contributed by atoms with Crippen LogP contribution in [0.25, 0.3) is 0 Å². The molecule has 114 valence electrons. The molecule has 1 saturated heterocycles. The number of likely N-dealkylation sites (N-methyl/N-ethyl adjacent to an activating group) is 1. The van der Waals surface area contributed by atoms with Gasteiger partial charge in [-0.05, 0) is 19.8 Å². The molecule has 1 aliphatic rings. The van der Waals surface area contributed by atoms with Gasteiger partial charge in [-0.2, -0.15) is 0 Å². The second kappa shape index (κ2) is 7.68. The van der Waals surface area contributed by atoms with Gasteiger partial charge in [0, 0.05) is 20.1 Å². The zero-order chi connectivity index (χ0) is 15.1. The van der Waals surface area contributed by atoms with Crippen LogP contribution in [0.1, 0.15) is 19.8 Å². The molecule has 1 heterocycles. The summed E-state index contributed by atoms with van der Waals surface area (Å²) in [6, 6.07) is -0.467.